The van der Waals surface area contributed by atoms with Crippen molar-refractivity contribution in [3.05, 3.63) is 53.7 Å². The maximum absolute atomic E-state index is 11.6. The number of carbonyl (C=O) groups is 1. The van der Waals surface area contributed by atoms with E-state index in [1.165, 1.54) is 5.56 Å². The summed E-state index contributed by atoms with van der Waals surface area (Å²) in [4.78, 5) is 15.6. The summed E-state index contributed by atoms with van der Waals surface area (Å²) in [7, 11) is 0. The van der Waals surface area contributed by atoms with Crippen molar-refractivity contribution in [2.75, 3.05) is 12.0 Å². The highest BCUT2D eigenvalue weighted by molar-refractivity contribution is 5.87. The Bertz CT molecular complexity index is 585. The molecule has 0 radical (unpaired) electrons. The predicted octanol–water partition coefficient (Wildman–Crippen LogP) is 2.86. The number of aromatic nitrogens is 1. The first kappa shape index (κ1) is 13.9. The third-order valence-corrected chi connectivity index (χ3v) is 2.86. The predicted molar refractivity (Wildman–Crippen MR) is 77.8 cm³/mol. The van der Waals surface area contributed by atoms with Crippen LogP contribution in [0.15, 0.2) is 42.6 Å². The van der Waals surface area contributed by atoms with Crippen LogP contribution < -0.4 is 15.4 Å². The lowest BCUT2D eigenvalue weighted by Crippen LogP contribution is -2.32. The summed E-state index contributed by atoms with van der Waals surface area (Å²) in [5.74, 6) is 1.22. The first-order valence-corrected chi connectivity index (χ1v) is 6.31. The van der Waals surface area contributed by atoms with Gasteiger partial charge in [-0.25, -0.2) is 9.78 Å². The molecule has 0 spiro atoms. The van der Waals surface area contributed by atoms with Gasteiger partial charge in [0.15, 0.2) is 6.73 Å². The molecule has 5 heteroatoms. The average molecular weight is 271 g/mol. The number of urea groups is 1. The van der Waals surface area contributed by atoms with Crippen LogP contribution in [0.2, 0.25) is 0 Å². The van der Waals surface area contributed by atoms with Gasteiger partial charge in [-0.05, 0) is 49.2 Å². The lowest BCUT2D eigenvalue weighted by atomic mass is 10.1. The summed E-state index contributed by atoms with van der Waals surface area (Å²) >= 11 is 0. The van der Waals surface area contributed by atoms with Crippen LogP contribution in [0, 0.1) is 13.8 Å². The number of hydrogen-bond donors (Lipinski definition) is 2. The molecule has 5 nitrogen and oxygen atoms in total. The molecule has 0 bridgehead atoms. The lowest BCUT2D eigenvalue weighted by Gasteiger charge is -2.10. The first-order chi connectivity index (χ1) is 9.65. The normalized spacial score (nSPS) is 9.90. The summed E-state index contributed by atoms with van der Waals surface area (Å²) in [6.45, 7) is 4.15. The highest BCUT2D eigenvalue weighted by Gasteiger charge is 2.02. The molecule has 0 aliphatic carbocycles. The van der Waals surface area contributed by atoms with Crippen LogP contribution in [0.1, 0.15) is 11.1 Å². The van der Waals surface area contributed by atoms with Crippen LogP contribution in [0.4, 0.5) is 10.6 Å². The largest absolute Gasteiger partial charge is 0.473 e. The van der Waals surface area contributed by atoms with Gasteiger partial charge in [-0.2, -0.15) is 0 Å². The van der Waals surface area contributed by atoms with Crippen molar-refractivity contribution in [2.24, 2.45) is 0 Å². The summed E-state index contributed by atoms with van der Waals surface area (Å²) in [6.07, 6.45) is 1.61. The molecule has 0 saturated carbocycles. The van der Waals surface area contributed by atoms with Crippen molar-refractivity contribution in [3.63, 3.8) is 0 Å². The minimum absolute atomic E-state index is 0.0984. The maximum atomic E-state index is 11.6. The first-order valence-electron chi connectivity index (χ1n) is 6.31. The third kappa shape index (κ3) is 3.98. The van der Waals surface area contributed by atoms with Gasteiger partial charge in [-0.1, -0.05) is 12.1 Å². The van der Waals surface area contributed by atoms with Crippen LogP contribution in [-0.4, -0.2) is 17.7 Å². The van der Waals surface area contributed by atoms with E-state index in [1.54, 1.807) is 24.4 Å². The van der Waals surface area contributed by atoms with Crippen molar-refractivity contribution in [2.45, 2.75) is 13.8 Å². The molecule has 0 saturated heterocycles. The number of pyridine rings is 1. The van der Waals surface area contributed by atoms with Gasteiger partial charge < -0.3 is 10.1 Å². The van der Waals surface area contributed by atoms with E-state index in [0.717, 1.165) is 11.3 Å². The average Bonchev–Trinajstić information content (AvgIpc) is 2.44. The number of aryl methyl sites for hydroxylation is 2. The Morgan fingerprint density at radius 2 is 2.05 bits per heavy atom. The molecule has 1 aromatic heterocycles. The minimum Gasteiger partial charge on any atom is -0.473 e. The van der Waals surface area contributed by atoms with Crippen molar-refractivity contribution in [1.82, 2.24) is 10.3 Å². The molecule has 1 aromatic carbocycles. The minimum atomic E-state index is -0.354. The van der Waals surface area contributed by atoms with Gasteiger partial charge in [0.1, 0.15) is 11.6 Å². The fraction of sp³-hybridized carbons (Fsp3) is 0.200. The quantitative estimate of drug-likeness (QED) is 0.840. The third-order valence-electron chi connectivity index (χ3n) is 2.86. The summed E-state index contributed by atoms with van der Waals surface area (Å²) < 4.78 is 5.46. The van der Waals surface area contributed by atoms with Gasteiger partial charge >= 0.3 is 6.03 Å². The van der Waals surface area contributed by atoms with Crippen LogP contribution in [0.3, 0.4) is 0 Å². The number of carbonyl (C=O) groups excluding carboxylic acids is 1. The molecule has 104 valence electrons. The highest BCUT2D eigenvalue weighted by atomic mass is 16.5. The number of rotatable bonds is 4. The van der Waals surface area contributed by atoms with Gasteiger partial charge in [0.2, 0.25) is 0 Å². The number of anilines is 1. The second kappa shape index (κ2) is 6.56. The molecule has 2 amide bonds. The SMILES string of the molecule is Cc1ccc(OCNC(=O)Nc2ccccn2)cc1C. The molecule has 20 heavy (non-hydrogen) atoms. The highest BCUT2D eigenvalue weighted by Crippen LogP contribution is 2.15. The number of hydrogen-bond acceptors (Lipinski definition) is 3. The second-order valence-electron chi connectivity index (χ2n) is 4.38. The van der Waals surface area contributed by atoms with Crippen molar-refractivity contribution < 1.29 is 9.53 Å². The van der Waals surface area contributed by atoms with E-state index in [0.29, 0.717) is 5.82 Å². The standard InChI is InChI=1S/C15H17N3O2/c1-11-6-7-13(9-12(11)2)20-10-17-15(19)18-14-5-3-4-8-16-14/h3-9H,10H2,1-2H3,(H2,16,17,18,19). The fourth-order valence-corrected chi connectivity index (χ4v) is 1.59. The zero-order chi connectivity index (χ0) is 14.4. The number of ether oxygens (including phenoxy) is 1. The molecule has 1 heterocycles. The Kier molecular flexibility index (Phi) is 4.55. The van der Waals surface area contributed by atoms with Crippen molar-refractivity contribution >= 4 is 11.8 Å². The molecule has 0 aliphatic rings. The van der Waals surface area contributed by atoms with Gasteiger partial charge in [0, 0.05) is 6.20 Å². The van der Waals surface area contributed by atoms with E-state index >= 15 is 0 Å². The zero-order valence-electron chi connectivity index (χ0n) is 11.5. The van der Waals surface area contributed by atoms with E-state index in [4.69, 9.17) is 4.74 Å². The Labute approximate surface area is 118 Å². The van der Waals surface area contributed by atoms with Crippen LogP contribution in [0.5, 0.6) is 5.75 Å². The molecule has 2 N–H and O–H groups in total. The summed E-state index contributed by atoms with van der Waals surface area (Å²) in [6, 6.07) is 10.7. The molecular weight excluding hydrogens is 254 g/mol. The van der Waals surface area contributed by atoms with E-state index in [2.05, 4.69) is 15.6 Å². The van der Waals surface area contributed by atoms with E-state index < -0.39 is 0 Å². The molecule has 0 atom stereocenters. The maximum Gasteiger partial charge on any atom is 0.323 e. The van der Waals surface area contributed by atoms with Crippen molar-refractivity contribution in [1.29, 1.82) is 0 Å². The number of nitrogens with one attached hydrogen (secondary N) is 2. The molecule has 2 rings (SSSR count). The van der Waals surface area contributed by atoms with Gasteiger partial charge in [-0.15, -0.1) is 0 Å². The topological polar surface area (TPSA) is 63.2 Å². The zero-order valence-corrected chi connectivity index (χ0v) is 11.5. The van der Waals surface area contributed by atoms with E-state index in [1.807, 2.05) is 32.0 Å². The molecular formula is C15H17N3O2. The number of amides is 2. The number of nitrogens with zero attached hydrogens (tertiary/aromatic N) is 1. The Morgan fingerprint density at radius 1 is 1.20 bits per heavy atom. The van der Waals surface area contributed by atoms with Crippen LogP contribution in [-0.2, 0) is 0 Å². The Hall–Kier alpha value is -2.56. The van der Waals surface area contributed by atoms with E-state index in [-0.39, 0.29) is 12.8 Å². The Balaban J connectivity index is 1.78. The van der Waals surface area contributed by atoms with Crippen molar-refractivity contribution in [3.8, 4) is 5.75 Å². The van der Waals surface area contributed by atoms with Gasteiger partial charge in [0.05, 0.1) is 0 Å². The van der Waals surface area contributed by atoms with Crippen LogP contribution >= 0.6 is 0 Å². The number of benzene rings is 1. The Morgan fingerprint density at radius 3 is 2.75 bits per heavy atom. The van der Waals surface area contributed by atoms with Crippen LogP contribution in [0.25, 0.3) is 0 Å². The summed E-state index contributed by atoms with van der Waals surface area (Å²) in [5.41, 5.74) is 2.36. The van der Waals surface area contributed by atoms with Gasteiger partial charge in [0.25, 0.3) is 0 Å². The molecule has 0 unspecified atom stereocenters. The smallest absolute Gasteiger partial charge is 0.323 e. The molecule has 2 aromatic rings. The molecule has 0 fully saturated rings. The lowest BCUT2D eigenvalue weighted by molar-refractivity contribution is 0.234. The summed E-state index contributed by atoms with van der Waals surface area (Å²) in [5, 5.41) is 5.21. The van der Waals surface area contributed by atoms with E-state index in [9.17, 15) is 4.79 Å². The van der Waals surface area contributed by atoms with Gasteiger partial charge in [-0.3, -0.25) is 5.32 Å². The molecule has 0 aliphatic heterocycles. The second-order valence-corrected chi connectivity index (χ2v) is 4.38. The monoisotopic (exact) mass is 271 g/mol. The fourth-order valence-electron chi connectivity index (χ4n) is 1.59.